The Morgan fingerprint density at radius 2 is 2.33 bits per heavy atom. The predicted octanol–water partition coefficient (Wildman–Crippen LogP) is 3.51. The molecule has 1 aliphatic heterocycles. The van der Waals surface area contributed by atoms with E-state index in [0.717, 1.165) is 36.5 Å². The van der Waals surface area contributed by atoms with Gasteiger partial charge in [-0.1, -0.05) is 17.7 Å². The highest BCUT2D eigenvalue weighted by Gasteiger charge is 2.29. The van der Waals surface area contributed by atoms with Gasteiger partial charge in [0, 0.05) is 34.7 Å². The van der Waals surface area contributed by atoms with E-state index in [1.54, 1.807) is 0 Å². The van der Waals surface area contributed by atoms with Crippen LogP contribution in [0.1, 0.15) is 25.3 Å². The minimum Gasteiger partial charge on any atom is -0.481 e. The summed E-state index contributed by atoms with van der Waals surface area (Å²) in [4.78, 5) is 16.7. The molecule has 0 aliphatic carbocycles. The lowest BCUT2D eigenvalue weighted by Gasteiger charge is -2.36. The van der Waals surface area contributed by atoms with Crippen molar-refractivity contribution in [3.8, 4) is 0 Å². The van der Waals surface area contributed by atoms with E-state index in [0.29, 0.717) is 0 Å². The van der Waals surface area contributed by atoms with Crippen molar-refractivity contribution in [2.24, 2.45) is 5.92 Å². The second-order valence-corrected chi connectivity index (χ2v) is 6.32. The smallest absolute Gasteiger partial charge is 0.306 e. The number of fused-ring (bicyclic) bond motifs is 1. The second kappa shape index (κ2) is 5.70. The van der Waals surface area contributed by atoms with E-state index in [-0.39, 0.29) is 12.0 Å². The first-order valence-corrected chi connectivity index (χ1v) is 7.65. The van der Waals surface area contributed by atoms with E-state index in [1.807, 2.05) is 24.4 Å². The Morgan fingerprint density at radius 1 is 1.52 bits per heavy atom. The maximum absolute atomic E-state index is 11.1. The van der Waals surface area contributed by atoms with Crippen LogP contribution in [0.15, 0.2) is 24.4 Å². The van der Waals surface area contributed by atoms with Crippen LogP contribution >= 0.6 is 11.6 Å². The van der Waals surface area contributed by atoms with Gasteiger partial charge in [-0.2, -0.15) is 0 Å². The number of nitrogens with zero attached hydrogens (tertiary/aromatic N) is 1. The molecule has 5 heteroatoms. The fourth-order valence-electron chi connectivity index (χ4n) is 3.19. The van der Waals surface area contributed by atoms with Crippen molar-refractivity contribution in [3.63, 3.8) is 0 Å². The number of benzene rings is 1. The Balaban J connectivity index is 1.75. The van der Waals surface area contributed by atoms with Gasteiger partial charge in [-0.15, -0.1) is 0 Å². The molecule has 0 amide bonds. The van der Waals surface area contributed by atoms with Crippen LogP contribution in [0.4, 0.5) is 0 Å². The predicted molar refractivity (Wildman–Crippen MR) is 83.5 cm³/mol. The van der Waals surface area contributed by atoms with Crippen LogP contribution in [-0.4, -0.2) is 33.5 Å². The van der Waals surface area contributed by atoms with Gasteiger partial charge in [0.15, 0.2) is 0 Å². The van der Waals surface area contributed by atoms with Crippen LogP contribution in [0.25, 0.3) is 10.9 Å². The number of halogens is 1. The fraction of sp³-hybridized carbons (Fsp3) is 0.438. The molecule has 21 heavy (non-hydrogen) atoms. The zero-order chi connectivity index (χ0) is 15.0. The summed E-state index contributed by atoms with van der Waals surface area (Å²) in [6.45, 7) is 3.79. The average Bonchev–Trinajstić information content (AvgIpc) is 2.83. The Morgan fingerprint density at radius 3 is 3.05 bits per heavy atom. The number of aromatic amines is 1. The summed E-state index contributed by atoms with van der Waals surface area (Å²) >= 11 is 6.00. The Kier molecular flexibility index (Phi) is 3.91. The number of nitrogens with one attached hydrogen (secondary N) is 1. The molecule has 0 spiro atoms. The van der Waals surface area contributed by atoms with Gasteiger partial charge in [0.2, 0.25) is 0 Å². The number of rotatable bonds is 3. The van der Waals surface area contributed by atoms with Gasteiger partial charge >= 0.3 is 5.97 Å². The number of hydrogen-bond acceptors (Lipinski definition) is 2. The standard InChI is InChI=1S/C16H19ClN2O2/c1-10-6-11(16(20)21)4-5-19(10)9-12-8-18-15-7-13(17)2-3-14(12)15/h2-3,7-8,10-11,18H,4-6,9H2,1H3,(H,20,21). The van der Waals surface area contributed by atoms with Crippen molar-refractivity contribution in [2.75, 3.05) is 6.54 Å². The van der Waals surface area contributed by atoms with Crippen molar-refractivity contribution in [3.05, 3.63) is 35.0 Å². The SMILES string of the molecule is CC1CC(C(=O)O)CCN1Cc1c[nH]c2cc(Cl)ccc12. The van der Waals surface area contributed by atoms with Gasteiger partial charge in [0.1, 0.15) is 0 Å². The Labute approximate surface area is 128 Å². The van der Waals surface area contributed by atoms with Gasteiger partial charge in [-0.25, -0.2) is 0 Å². The van der Waals surface area contributed by atoms with Crippen molar-refractivity contribution in [2.45, 2.75) is 32.4 Å². The van der Waals surface area contributed by atoms with E-state index in [1.165, 1.54) is 10.9 Å². The molecule has 4 nitrogen and oxygen atoms in total. The highest BCUT2D eigenvalue weighted by atomic mass is 35.5. The molecule has 1 aliphatic rings. The van der Waals surface area contributed by atoms with Crippen LogP contribution in [0.2, 0.25) is 5.02 Å². The number of piperidine rings is 1. The maximum atomic E-state index is 11.1. The molecule has 2 aromatic rings. The van der Waals surface area contributed by atoms with Gasteiger partial charge < -0.3 is 10.1 Å². The number of carbonyl (C=O) groups is 1. The van der Waals surface area contributed by atoms with Crippen molar-refractivity contribution in [1.82, 2.24) is 9.88 Å². The number of aromatic nitrogens is 1. The topological polar surface area (TPSA) is 56.3 Å². The lowest BCUT2D eigenvalue weighted by Crippen LogP contribution is -2.42. The molecule has 1 aromatic carbocycles. The summed E-state index contributed by atoms with van der Waals surface area (Å²) in [7, 11) is 0. The molecular formula is C16H19ClN2O2. The molecule has 2 heterocycles. The van der Waals surface area contributed by atoms with Gasteiger partial charge in [-0.05, 0) is 44.0 Å². The molecule has 0 radical (unpaired) electrons. The van der Waals surface area contributed by atoms with Crippen LogP contribution in [-0.2, 0) is 11.3 Å². The van der Waals surface area contributed by atoms with Crippen molar-refractivity contribution in [1.29, 1.82) is 0 Å². The molecule has 0 bridgehead atoms. The third-order valence-electron chi connectivity index (χ3n) is 4.47. The highest BCUT2D eigenvalue weighted by Crippen LogP contribution is 2.28. The van der Waals surface area contributed by atoms with Gasteiger partial charge in [0.05, 0.1) is 5.92 Å². The molecule has 2 unspecified atom stereocenters. The van der Waals surface area contributed by atoms with E-state index < -0.39 is 5.97 Å². The molecule has 1 saturated heterocycles. The summed E-state index contributed by atoms with van der Waals surface area (Å²) in [6, 6.07) is 6.16. The van der Waals surface area contributed by atoms with Gasteiger partial charge in [-0.3, -0.25) is 9.69 Å². The Hall–Kier alpha value is -1.52. The molecule has 3 rings (SSSR count). The summed E-state index contributed by atoms with van der Waals surface area (Å²) in [5, 5.41) is 11.0. The third-order valence-corrected chi connectivity index (χ3v) is 4.70. The van der Waals surface area contributed by atoms with Crippen LogP contribution in [0.5, 0.6) is 0 Å². The lowest BCUT2D eigenvalue weighted by atomic mass is 9.91. The monoisotopic (exact) mass is 306 g/mol. The lowest BCUT2D eigenvalue weighted by molar-refractivity contribution is -0.144. The zero-order valence-electron chi connectivity index (χ0n) is 12.0. The molecule has 112 valence electrons. The summed E-state index contributed by atoms with van der Waals surface area (Å²) in [6.07, 6.45) is 3.48. The number of carboxylic acid groups (broad SMARTS) is 1. The van der Waals surface area contributed by atoms with E-state index in [4.69, 9.17) is 16.7 Å². The highest BCUT2D eigenvalue weighted by molar-refractivity contribution is 6.31. The molecule has 0 saturated carbocycles. The van der Waals surface area contributed by atoms with Gasteiger partial charge in [0.25, 0.3) is 0 Å². The van der Waals surface area contributed by atoms with Crippen LogP contribution < -0.4 is 0 Å². The van der Waals surface area contributed by atoms with Crippen molar-refractivity contribution < 1.29 is 9.90 Å². The summed E-state index contributed by atoms with van der Waals surface area (Å²) in [5.74, 6) is -0.860. The summed E-state index contributed by atoms with van der Waals surface area (Å²) < 4.78 is 0. The number of aliphatic carboxylic acids is 1. The molecule has 2 N–H and O–H groups in total. The minimum absolute atomic E-state index is 0.196. The zero-order valence-corrected chi connectivity index (χ0v) is 12.7. The third kappa shape index (κ3) is 2.92. The first kappa shape index (κ1) is 14.4. The normalized spacial score (nSPS) is 23.5. The molecular weight excluding hydrogens is 288 g/mol. The maximum Gasteiger partial charge on any atom is 0.306 e. The quantitative estimate of drug-likeness (QED) is 0.912. The first-order valence-electron chi connectivity index (χ1n) is 7.27. The fourth-order valence-corrected chi connectivity index (χ4v) is 3.36. The number of H-pyrrole nitrogens is 1. The number of carboxylic acids is 1. The van der Waals surface area contributed by atoms with E-state index in [2.05, 4.69) is 16.8 Å². The average molecular weight is 307 g/mol. The number of hydrogen-bond donors (Lipinski definition) is 2. The second-order valence-electron chi connectivity index (χ2n) is 5.88. The molecule has 1 fully saturated rings. The first-order chi connectivity index (χ1) is 10.0. The number of likely N-dealkylation sites (tertiary alicyclic amines) is 1. The Bertz CT molecular complexity index is 667. The largest absolute Gasteiger partial charge is 0.481 e. The minimum atomic E-state index is -0.664. The molecule has 1 aromatic heterocycles. The van der Waals surface area contributed by atoms with E-state index in [9.17, 15) is 4.79 Å². The van der Waals surface area contributed by atoms with Crippen LogP contribution in [0.3, 0.4) is 0 Å². The molecule has 2 atom stereocenters. The summed E-state index contributed by atoms with van der Waals surface area (Å²) in [5.41, 5.74) is 2.29. The van der Waals surface area contributed by atoms with Crippen molar-refractivity contribution >= 4 is 28.5 Å². The van der Waals surface area contributed by atoms with Crippen LogP contribution in [0, 0.1) is 5.92 Å². The van der Waals surface area contributed by atoms with E-state index >= 15 is 0 Å².